The molecule has 1 unspecified atom stereocenters. The number of ether oxygens (including phenoxy) is 2. The van der Waals surface area contributed by atoms with Gasteiger partial charge in [0.05, 0.1) is 19.3 Å². The van der Waals surface area contributed by atoms with E-state index in [1.54, 1.807) is 13.8 Å². The average molecular weight is 348 g/mol. The summed E-state index contributed by atoms with van der Waals surface area (Å²) in [5.74, 6) is 0.948. The summed E-state index contributed by atoms with van der Waals surface area (Å²) in [7, 11) is -3.41. The molecule has 1 saturated heterocycles. The van der Waals surface area contributed by atoms with Crippen LogP contribution < -0.4 is 9.64 Å². The second-order valence-corrected chi connectivity index (χ2v) is 8.91. The lowest BCUT2D eigenvalue weighted by Crippen LogP contribution is -2.52. The first kappa shape index (κ1) is 15.8. The number of anilines is 1. The number of hydrogen-bond acceptors (Lipinski definition) is 7. The Bertz CT molecular complexity index is 707. The molecule has 0 aromatic carbocycles. The standard InChI is InChI=1S/C13H18ClN3O4S/c1-13(2,22(3,18)19)10-9-11(16-12(14)15-10)17-4-5-20-6-8(17)7-21-9/h8H,4-7H2,1-3H3. The molecule has 0 amide bonds. The third-order valence-corrected chi connectivity index (χ3v) is 6.45. The summed E-state index contributed by atoms with van der Waals surface area (Å²) < 4.78 is 34.3. The molecule has 2 aliphatic rings. The second-order valence-electron chi connectivity index (χ2n) is 6.01. The Labute approximate surface area is 134 Å². The molecular formula is C13H18ClN3O4S. The molecule has 2 aliphatic heterocycles. The van der Waals surface area contributed by atoms with E-state index in [9.17, 15) is 8.42 Å². The van der Waals surface area contributed by atoms with Gasteiger partial charge in [-0.2, -0.15) is 4.98 Å². The lowest BCUT2D eigenvalue weighted by molar-refractivity contribution is 0.0691. The van der Waals surface area contributed by atoms with Crippen molar-refractivity contribution in [3.8, 4) is 5.75 Å². The van der Waals surface area contributed by atoms with Crippen LogP contribution in [0.4, 0.5) is 5.82 Å². The van der Waals surface area contributed by atoms with Gasteiger partial charge in [0.25, 0.3) is 0 Å². The molecule has 1 aromatic rings. The Morgan fingerprint density at radius 1 is 1.32 bits per heavy atom. The van der Waals surface area contributed by atoms with E-state index in [-0.39, 0.29) is 11.3 Å². The van der Waals surface area contributed by atoms with Crippen LogP contribution >= 0.6 is 11.6 Å². The molecule has 3 heterocycles. The van der Waals surface area contributed by atoms with Gasteiger partial charge in [-0.05, 0) is 25.4 Å². The van der Waals surface area contributed by atoms with E-state index in [2.05, 4.69) is 14.9 Å². The van der Waals surface area contributed by atoms with Crippen LogP contribution in [-0.4, -0.2) is 57.0 Å². The van der Waals surface area contributed by atoms with Crippen molar-refractivity contribution in [2.45, 2.75) is 24.6 Å². The van der Waals surface area contributed by atoms with Crippen molar-refractivity contribution in [2.75, 3.05) is 37.5 Å². The molecular weight excluding hydrogens is 330 g/mol. The van der Waals surface area contributed by atoms with Gasteiger partial charge >= 0.3 is 0 Å². The van der Waals surface area contributed by atoms with Gasteiger partial charge in [-0.25, -0.2) is 13.4 Å². The molecule has 0 N–H and O–H groups in total. The van der Waals surface area contributed by atoms with Gasteiger partial charge in [-0.15, -0.1) is 0 Å². The van der Waals surface area contributed by atoms with Gasteiger partial charge in [0.1, 0.15) is 17.0 Å². The lowest BCUT2D eigenvalue weighted by atomic mass is 10.1. The molecule has 3 rings (SSSR count). The molecule has 0 radical (unpaired) electrons. The average Bonchev–Trinajstić information content (AvgIpc) is 2.45. The van der Waals surface area contributed by atoms with Crippen molar-refractivity contribution >= 4 is 27.3 Å². The van der Waals surface area contributed by atoms with Crippen LogP contribution in [0.2, 0.25) is 5.28 Å². The number of morpholine rings is 1. The second kappa shape index (κ2) is 5.21. The number of sulfone groups is 1. The number of hydrogen-bond donors (Lipinski definition) is 0. The molecule has 0 saturated carbocycles. The Morgan fingerprint density at radius 3 is 2.73 bits per heavy atom. The van der Waals surface area contributed by atoms with Crippen molar-refractivity contribution in [1.29, 1.82) is 0 Å². The predicted octanol–water partition coefficient (Wildman–Crippen LogP) is 1.01. The molecule has 0 aliphatic carbocycles. The molecule has 1 atom stereocenters. The first-order chi connectivity index (χ1) is 10.2. The highest BCUT2D eigenvalue weighted by atomic mass is 35.5. The number of rotatable bonds is 2. The van der Waals surface area contributed by atoms with Gasteiger partial charge in [-0.3, -0.25) is 0 Å². The van der Waals surface area contributed by atoms with E-state index in [1.807, 2.05) is 0 Å². The van der Waals surface area contributed by atoms with Crippen LogP contribution in [0, 0.1) is 0 Å². The van der Waals surface area contributed by atoms with Gasteiger partial charge in [0.15, 0.2) is 21.4 Å². The minimum absolute atomic E-state index is 0.0150. The molecule has 0 bridgehead atoms. The monoisotopic (exact) mass is 347 g/mol. The Morgan fingerprint density at radius 2 is 2.05 bits per heavy atom. The third-order valence-electron chi connectivity index (χ3n) is 4.24. The summed E-state index contributed by atoms with van der Waals surface area (Å²) in [4.78, 5) is 10.5. The van der Waals surface area contributed by atoms with Crippen LogP contribution in [0.1, 0.15) is 19.5 Å². The van der Waals surface area contributed by atoms with Crippen LogP contribution in [0.3, 0.4) is 0 Å². The predicted molar refractivity (Wildman–Crippen MR) is 82.4 cm³/mol. The molecule has 7 nitrogen and oxygen atoms in total. The molecule has 0 spiro atoms. The van der Waals surface area contributed by atoms with Crippen molar-refractivity contribution in [3.63, 3.8) is 0 Å². The largest absolute Gasteiger partial charge is 0.486 e. The fraction of sp³-hybridized carbons (Fsp3) is 0.692. The van der Waals surface area contributed by atoms with E-state index in [0.29, 0.717) is 43.6 Å². The number of halogens is 1. The topological polar surface area (TPSA) is 81.6 Å². The maximum Gasteiger partial charge on any atom is 0.224 e. The third kappa shape index (κ3) is 2.43. The Balaban J connectivity index is 2.17. The smallest absolute Gasteiger partial charge is 0.224 e. The molecule has 1 fully saturated rings. The lowest BCUT2D eigenvalue weighted by Gasteiger charge is -2.41. The SMILES string of the molecule is CC(C)(c1nc(Cl)nc2c1OCC1COCCN21)S(C)(=O)=O. The van der Waals surface area contributed by atoms with E-state index < -0.39 is 14.6 Å². The highest BCUT2D eigenvalue weighted by Gasteiger charge is 2.42. The number of fused-ring (bicyclic) bond motifs is 3. The van der Waals surface area contributed by atoms with Crippen molar-refractivity contribution in [3.05, 3.63) is 11.0 Å². The summed E-state index contributed by atoms with van der Waals surface area (Å²) >= 11 is 6.04. The summed E-state index contributed by atoms with van der Waals surface area (Å²) in [6, 6.07) is 0.0569. The molecule has 122 valence electrons. The number of aromatic nitrogens is 2. The highest BCUT2D eigenvalue weighted by molar-refractivity contribution is 7.91. The maximum absolute atomic E-state index is 12.1. The van der Waals surface area contributed by atoms with Gasteiger partial charge in [-0.1, -0.05) is 0 Å². The highest BCUT2D eigenvalue weighted by Crippen LogP contribution is 2.42. The van der Waals surface area contributed by atoms with Crippen LogP contribution in [0.25, 0.3) is 0 Å². The normalized spacial score (nSPS) is 21.8. The van der Waals surface area contributed by atoms with Crippen molar-refractivity contribution in [2.24, 2.45) is 0 Å². The first-order valence-electron chi connectivity index (χ1n) is 6.96. The zero-order chi connectivity index (χ0) is 16.1. The quantitative estimate of drug-likeness (QED) is 0.738. The maximum atomic E-state index is 12.1. The minimum atomic E-state index is -3.41. The van der Waals surface area contributed by atoms with E-state index in [4.69, 9.17) is 21.1 Å². The Kier molecular flexibility index (Phi) is 3.73. The molecule has 1 aromatic heterocycles. The zero-order valence-corrected chi connectivity index (χ0v) is 14.2. The molecule has 9 heteroatoms. The fourth-order valence-corrected chi connectivity index (χ4v) is 3.23. The van der Waals surface area contributed by atoms with Crippen molar-refractivity contribution < 1.29 is 17.9 Å². The first-order valence-corrected chi connectivity index (χ1v) is 9.23. The van der Waals surface area contributed by atoms with Crippen LogP contribution in [-0.2, 0) is 19.3 Å². The fourth-order valence-electron chi connectivity index (χ4n) is 2.57. The summed E-state index contributed by atoms with van der Waals surface area (Å²) in [5, 5.41) is 0.0150. The van der Waals surface area contributed by atoms with Crippen molar-refractivity contribution in [1.82, 2.24) is 9.97 Å². The van der Waals surface area contributed by atoms with E-state index in [1.165, 1.54) is 6.26 Å². The summed E-state index contributed by atoms with van der Waals surface area (Å²) in [6.45, 7) is 5.39. The van der Waals surface area contributed by atoms with E-state index >= 15 is 0 Å². The molecule has 22 heavy (non-hydrogen) atoms. The summed E-state index contributed by atoms with van der Waals surface area (Å²) in [6.07, 6.45) is 1.18. The van der Waals surface area contributed by atoms with Gasteiger partial charge < -0.3 is 14.4 Å². The summed E-state index contributed by atoms with van der Waals surface area (Å²) in [5.41, 5.74) is 0.301. The van der Waals surface area contributed by atoms with Crippen LogP contribution in [0.15, 0.2) is 0 Å². The minimum Gasteiger partial charge on any atom is -0.486 e. The van der Waals surface area contributed by atoms with Gasteiger partial charge in [0, 0.05) is 12.8 Å². The zero-order valence-electron chi connectivity index (χ0n) is 12.7. The Hall–Kier alpha value is -1.12. The number of nitrogens with zero attached hydrogens (tertiary/aromatic N) is 3. The van der Waals surface area contributed by atoms with Crippen LogP contribution in [0.5, 0.6) is 5.75 Å². The van der Waals surface area contributed by atoms with Gasteiger partial charge in [0.2, 0.25) is 5.28 Å². The van der Waals surface area contributed by atoms with E-state index in [0.717, 1.165) is 0 Å².